The van der Waals surface area contributed by atoms with Gasteiger partial charge in [-0.3, -0.25) is 14.9 Å². The van der Waals surface area contributed by atoms with Gasteiger partial charge < -0.3 is 4.74 Å². The average molecular weight is 309 g/mol. The molecule has 0 fully saturated rings. The second-order valence-electron chi connectivity index (χ2n) is 2.82. The number of ketones is 1. The molecule has 0 amide bonds. The zero-order chi connectivity index (χ0) is 12.3. The quantitative estimate of drug-likeness (QED) is 0.371. The minimum atomic E-state index is -0.615. The van der Waals surface area contributed by atoms with Crippen molar-refractivity contribution in [3.05, 3.63) is 32.8 Å². The molecule has 16 heavy (non-hydrogen) atoms. The van der Waals surface area contributed by atoms with Gasteiger partial charge in [0.15, 0.2) is 5.78 Å². The van der Waals surface area contributed by atoms with Crippen LogP contribution in [0.1, 0.15) is 10.4 Å². The first-order chi connectivity index (χ1) is 7.51. The summed E-state index contributed by atoms with van der Waals surface area (Å²) in [7, 11) is 1.35. The molecule has 0 unspecified atom stereocenters. The molecule has 0 radical (unpaired) electrons. The maximum absolute atomic E-state index is 11.5. The molecule has 0 bridgehead atoms. The number of Topliss-reactive ketones (excluding diaryl/α,β-unsaturated/α-hetero) is 1. The lowest BCUT2D eigenvalue weighted by Gasteiger charge is -2.08. The van der Waals surface area contributed by atoms with E-state index < -0.39 is 4.92 Å². The Labute approximate surface area is 105 Å². The number of hydrogen-bond acceptors (Lipinski definition) is 4. The van der Waals surface area contributed by atoms with Crippen LogP contribution in [0.15, 0.2) is 12.1 Å². The van der Waals surface area contributed by atoms with Gasteiger partial charge in [-0.25, -0.2) is 0 Å². The molecule has 0 spiro atoms. The lowest BCUT2D eigenvalue weighted by atomic mass is 10.1. The van der Waals surface area contributed by atoms with E-state index in [0.717, 1.165) is 12.1 Å². The molecular formula is C9H7BrClNO4. The van der Waals surface area contributed by atoms with Gasteiger partial charge in [0.25, 0.3) is 5.69 Å². The van der Waals surface area contributed by atoms with E-state index in [-0.39, 0.29) is 33.1 Å². The molecule has 0 aliphatic heterocycles. The summed E-state index contributed by atoms with van der Waals surface area (Å²) < 4.78 is 4.94. The number of nitro benzene ring substituents is 1. The lowest BCUT2D eigenvalue weighted by molar-refractivity contribution is -0.384. The van der Waals surface area contributed by atoms with E-state index in [1.165, 1.54) is 7.11 Å². The Morgan fingerprint density at radius 3 is 2.69 bits per heavy atom. The van der Waals surface area contributed by atoms with Gasteiger partial charge >= 0.3 is 0 Å². The van der Waals surface area contributed by atoms with Crippen molar-refractivity contribution in [2.75, 3.05) is 12.4 Å². The second-order valence-corrected chi connectivity index (χ2v) is 3.79. The van der Waals surface area contributed by atoms with E-state index in [2.05, 4.69) is 15.9 Å². The summed E-state index contributed by atoms with van der Waals surface area (Å²) in [4.78, 5) is 21.5. The van der Waals surface area contributed by atoms with Crippen molar-refractivity contribution in [2.24, 2.45) is 0 Å². The molecule has 0 heterocycles. The molecule has 0 N–H and O–H groups in total. The van der Waals surface area contributed by atoms with Crippen molar-refractivity contribution in [1.29, 1.82) is 0 Å². The van der Waals surface area contributed by atoms with Crippen LogP contribution in [0.25, 0.3) is 0 Å². The van der Waals surface area contributed by atoms with Gasteiger partial charge in [-0.05, 0) is 0 Å². The van der Waals surface area contributed by atoms with Crippen LogP contribution in [-0.4, -0.2) is 23.1 Å². The first-order valence-electron chi connectivity index (χ1n) is 4.12. The fourth-order valence-corrected chi connectivity index (χ4v) is 1.76. The van der Waals surface area contributed by atoms with Gasteiger partial charge in [-0.15, -0.1) is 0 Å². The van der Waals surface area contributed by atoms with E-state index >= 15 is 0 Å². The highest BCUT2D eigenvalue weighted by molar-refractivity contribution is 9.09. The third-order valence-electron chi connectivity index (χ3n) is 1.87. The number of nitro groups is 1. The Hall–Kier alpha value is -1.14. The van der Waals surface area contributed by atoms with E-state index in [1.807, 2.05) is 0 Å². The van der Waals surface area contributed by atoms with Crippen LogP contribution in [0.3, 0.4) is 0 Å². The number of hydrogen-bond donors (Lipinski definition) is 0. The van der Waals surface area contributed by atoms with Crippen LogP contribution in [-0.2, 0) is 0 Å². The van der Waals surface area contributed by atoms with E-state index in [0.29, 0.717) is 0 Å². The van der Waals surface area contributed by atoms with Gasteiger partial charge in [0.1, 0.15) is 5.75 Å². The second kappa shape index (κ2) is 5.27. The number of carbonyl (C=O) groups excluding carboxylic acids is 1. The molecule has 0 aliphatic rings. The number of halogens is 2. The van der Waals surface area contributed by atoms with Crippen LogP contribution in [0, 0.1) is 10.1 Å². The summed E-state index contributed by atoms with van der Waals surface area (Å²) in [6, 6.07) is 2.29. The number of nitrogens with zero attached hydrogens (tertiary/aromatic N) is 1. The summed E-state index contributed by atoms with van der Waals surface area (Å²) in [5.41, 5.74) is -0.145. The molecule has 1 aromatic carbocycles. The van der Waals surface area contributed by atoms with Crippen molar-refractivity contribution in [1.82, 2.24) is 0 Å². The highest BCUT2D eigenvalue weighted by Gasteiger charge is 2.20. The number of rotatable bonds is 4. The van der Waals surface area contributed by atoms with Crippen LogP contribution in [0.4, 0.5) is 5.69 Å². The molecule has 0 saturated carbocycles. The van der Waals surface area contributed by atoms with Crippen molar-refractivity contribution in [3.63, 3.8) is 0 Å². The number of non-ortho nitro benzene ring substituents is 1. The van der Waals surface area contributed by atoms with Crippen LogP contribution in [0.2, 0.25) is 5.02 Å². The van der Waals surface area contributed by atoms with Crippen LogP contribution < -0.4 is 4.74 Å². The maximum atomic E-state index is 11.5. The van der Waals surface area contributed by atoms with Gasteiger partial charge in [-0.1, -0.05) is 27.5 Å². The van der Waals surface area contributed by atoms with Crippen molar-refractivity contribution in [2.45, 2.75) is 0 Å². The topological polar surface area (TPSA) is 69.4 Å². The number of ether oxygens (including phenoxy) is 1. The SMILES string of the molecule is COc1c(Cl)cc([N+](=O)[O-])cc1C(=O)CBr. The Kier molecular flexibility index (Phi) is 4.26. The predicted molar refractivity (Wildman–Crippen MR) is 62.8 cm³/mol. The molecule has 0 atom stereocenters. The monoisotopic (exact) mass is 307 g/mol. The summed E-state index contributed by atoms with van der Waals surface area (Å²) in [5, 5.41) is 10.7. The predicted octanol–water partition coefficient (Wildman–Crippen LogP) is 2.83. The number of alkyl halides is 1. The largest absolute Gasteiger partial charge is 0.494 e. The molecule has 0 aromatic heterocycles. The smallest absolute Gasteiger partial charge is 0.271 e. The van der Waals surface area contributed by atoms with Gasteiger partial charge in [0, 0.05) is 12.1 Å². The highest BCUT2D eigenvalue weighted by Crippen LogP contribution is 2.33. The standard InChI is InChI=1S/C9H7BrClNO4/c1-16-9-6(8(13)4-10)2-5(12(14)15)3-7(9)11/h2-3H,4H2,1H3. The Bertz CT molecular complexity index is 449. The normalized spacial score (nSPS) is 9.94. The minimum Gasteiger partial charge on any atom is -0.494 e. The number of carbonyl (C=O) groups is 1. The Balaban J connectivity index is 3.42. The van der Waals surface area contributed by atoms with E-state index in [4.69, 9.17) is 16.3 Å². The molecule has 1 rings (SSSR count). The molecular weight excluding hydrogens is 301 g/mol. The first kappa shape index (κ1) is 12.9. The average Bonchev–Trinajstić information content (AvgIpc) is 2.26. The Morgan fingerprint density at radius 1 is 1.62 bits per heavy atom. The van der Waals surface area contributed by atoms with Crippen molar-refractivity contribution in [3.8, 4) is 5.75 Å². The van der Waals surface area contributed by atoms with Gasteiger partial charge in [0.05, 0.1) is 27.9 Å². The van der Waals surface area contributed by atoms with Crippen LogP contribution in [0.5, 0.6) is 5.75 Å². The molecule has 86 valence electrons. The molecule has 5 nitrogen and oxygen atoms in total. The van der Waals surface area contributed by atoms with Gasteiger partial charge in [0.2, 0.25) is 0 Å². The van der Waals surface area contributed by atoms with Crippen LogP contribution >= 0.6 is 27.5 Å². The summed E-state index contributed by atoms with van der Waals surface area (Å²) >= 11 is 8.77. The Morgan fingerprint density at radius 2 is 2.25 bits per heavy atom. The maximum Gasteiger partial charge on any atom is 0.271 e. The molecule has 1 aromatic rings. The fraction of sp³-hybridized carbons (Fsp3) is 0.222. The van der Waals surface area contributed by atoms with Gasteiger partial charge in [-0.2, -0.15) is 0 Å². The number of benzene rings is 1. The number of methoxy groups -OCH3 is 1. The molecule has 0 aliphatic carbocycles. The molecule has 7 heteroatoms. The van der Waals surface area contributed by atoms with E-state index in [1.54, 1.807) is 0 Å². The summed E-state index contributed by atoms with van der Waals surface area (Å²) in [6.07, 6.45) is 0. The zero-order valence-corrected chi connectivity index (χ0v) is 10.5. The zero-order valence-electron chi connectivity index (χ0n) is 8.20. The third kappa shape index (κ3) is 2.51. The summed E-state index contributed by atoms with van der Waals surface area (Å²) in [6.45, 7) is 0. The summed E-state index contributed by atoms with van der Waals surface area (Å²) in [5.74, 6) is -0.181. The van der Waals surface area contributed by atoms with Crippen molar-refractivity contribution < 1.29 is 14.5 Å². The fourth-order valence-electron chi connectivity index (χ4n) is 1.17. The lowest BCUT2D eigenvalue weighted by Crippen LogP contribution is -2.05. The highest BCUT2D eigenvalue weighted by atomic mass is 79.9. The molecule has 0 saturated heterocycles. The van der Waals surface area contributed by atoms with E-state index in [9.17, 15) is 14.9 Å². The first-order valence-corrected chi connectivity index (χ1v) is 5.62. The third-order valence-corrected chi connectivity index (χ3v) is 2.66. The minimum absolute atomic E-state index is 0.0425. The van der Waals surface area contributed by atoms with Crippen molar-refractivity contribution >= 4 is 39.0 Å².